The quantitative estimate of drug-likeness (QED) is 0.348. The van der Waals surface area contributed by atoms with Crippen molar-refractivity contribution in [3.63, 3.8) is 0 Å². The number of carbonyl (C=O) groups is 1. The van der Waals surface area contributed by atoms with E-state index in [4.69, 9.17) is 10.9 Å². The Morgan fingerprint density at radius 3 is 3.06 bits per heavy atom. The summed E-state index contributed by atoms with van der Waals surface area (Å²) in [6, 6.07) is 0.683. The number of halogens is 1. The fourth-order valence-electron chi connectivity index (χ4n) is 2.08. The number of nitrogens with zero attached hydrogens (tertiary/aromatic N) is 3. The van der Waals surface area contributed by atoms with Crippen LogP contribution in [0.25, 0.3) is 0 Å². The first-order chi connectivity index (χ1) is 8.63. The number of amidine groups is 1. The van der Waals surface area contributed by atoms with Crippen LogP contribution in [0.2, 0.25) is 0 Å². The number of oxime groups is 1. The highest BCUT2D eigenvalue weighted by molar-refractivity contribution is 5.98. The molecule has 1 fully saturated rings. The lowest BCUT2D eigenvalue weighted by Gasteiger charge is -2.23. The number of carbonyl (C=O) groups excluding carboxylic acids is 1. The predicted octanol–water partition coefficient (Wildman–Crippen LogP) is 0.572. The third-order valence-corrected chi connectivity index (χ3v) is 2.92. The minimum atomic E-state index is -0.569. The van der Waals surface area contributed by atoms with Gasteiger partial charge in [0.05, 0.1) is 17.8 Å². The van der Waals surface area contributed by atoms with Crippen LogP contribution in [0.1, 0.15) is 23.2 Å². The van der Waals surface area contributed by atoms with Gasteiger partial charge in [-0.2, -0.15) is 0 Å². The lowest BCUT2D eigenvalue weighted by Crippen LogP contribution is -2.43. The smallest absolute Gasteiger partial charge is 0.256 e. The maximum atomic E-state index is 13.0. The molecule has 1 aromatic heterocycles. The number of nitrogens with two attached hydrogens (primary N) is 1. The zero-order valence-electron chi connectivity index (χ0n) is 9.58. The molecule has 2 heterocycles. The van der Waals surface area contributed by atoms with E-state index in [1.807, 2.05) is 0 Å². The second kappa shape index (κ2) is 4.99. The van der Waals surface area contributed by atoms with E-state index in [-0.39, 0.29) is 17.3 Å². The van der Waals surface area contributed by atoms with Gasteiger partial charge in [0.2, 0.25) is 0 Å². The van der Waals surface area contributed by atoms with Gasteiger partial charge in [-0.05, 0) is 18.9 Å². The van der Waals surface area contributed by atoms with Crippen molar-refractivity contribution >= 4 is 11.7 Å². The van der Waals surface area contributed by atoms with Crippen molar-refractivity contribution < 1.29 is 14.4 Å². The topological polar surface area (TPSA) is 91.8 Å². The van der Waals surface area contributed by atoms with E-state index in [9.17, 15) is 9.18 Å². The molecule has 1 saturated heterocycles. The molecule has 1 aliphatic heterocycles. The molecular weight excluding hydrogens is 239 g/mol. The minimum absolute atomic E-state index is 0.00906. The standard InChI is InChI=1S/C11H13FN4O2/c12-8-4-7(5-14-6-8)11(17)16-3-1-2-9(16)10(13)15-18/h4-6,9,18H,1-3H2,(H2,13,15). The molecule has 0 aromatic carbocycles. The largest absolute Gasteiger partial charge is 0.409 e. The summed E-state index contributed by atoms with van der Waals surface area (Å²) in [6.07, 6.45) is 3.72. The van der Waals surface area contributed by atoms with Crippen LogP contribution in [0.5, 0.6) is 0 Å². The molecule has 0 spiro atoms. The van der Waals surface area contributed by atoms with Gasteiger partial charge in [-0.3, -0.25) is 9.78 Å². The Labute approximate surface area is 103 Å². The summed E-state index contributed by atoms with van der Waals surface area (Å²) in [5.74, 6) is -0.943. The summed E-state index contributed by atoms with van der Waals surface area (Å²) in [4.78, 5) is 17.3. The van der Waals surface area contributed by atoms with E-state index < -0.39 is 11.9 Å². The fourth-order valence-corrected chi connectivity index (χ4v) is 2.08. The predicted molar refractivity (Wildman–Crippen MR) is 61.7 cm³/mol. The summed E-state index contributed by atoms with van der Waals surface area (Å²) >= 11 is 0. The molecule has 1 unspecified atom stereocenters. The first-order valence-corrected chi connectivity index (χ1v) is 5.52. The van der Waals surface area contributed by atoms with Gasteiger partial charge in [-0.15, -0.1) is 0 Å². The highest BCUT2D eigenvalue weighted by Crippen LogP contribution is 2.20. The molecule has 1 aromatic rings. The normalized spacial score (nSPS) is 20.2. The molecule has 0 aliphatic carbocycles. The summed E-state index contributed by atoms with van der Waals surface area (Å²) in [6.45, 7) is 0.496. The summed E-state index contributed by atoms with van der Waals surface area (Å²) in [5, 5.41) is 11.6. The van der Waals surface area contributed by atoms with Crippen LogP contribution in [-0.2, 0) is 0 Å². The van der Waals surface area contributed by atoms with Crippen LogP contribution in [0, 0.1) is 5.82 Å². The Morgan fingerprint density at radius 2 is 2.39 bits per heavy atom. The number of rotatable bonds is 2. The van der Waals surface area contributed by atoms with Crippen molar-refractivity contribution in [3.05, 3.63) is 29.8 Å². The Kier molecular flexibility index (Phi) is 3.40. The van der Waals surface area contributed by atoms with E-state index >= 15 is 0 Å². The van der Waals surface area contributed by atoms with Crippen LogP contribution in [-0.4, -0.2) is 39.4 Å². The molecule has 0 bridgehead atoms. The van der Waals surface area contributed by atoms with Crippen molar-refractivity contribution in [3.8, 4) is 0 Å². The lowest BCUT2D eigenvalue weighted by atomic mass is 10.2. The average Bonchev–Trinajstić information content (AvgIpc) is 2.86. The molecule has 96 valence electrons. The fraction of sp³-hybridized carbons (Fsp3) is 0.364. The number of pyridine rings is 1. The molecule has 1 aliphatic rings. The van der Waals surface area contributed by atoms with Gasteiger partial charge in [0.25, 0.3) is 5.91 Å². The number of amides is 1. The number of hydrogen-bond donors (Lipinski definition) is 2. The molecule has 6 nitrogen and oxygen atoms in total. The minimum Gasteiger partial charge on any atom is -0.409 e. The van der Waals surface area contributed by atoms with Crippen LogP contribution in [0.15, 0.2) is 23.6 Å². The number of hydrogen-bond acceptors (Lipinski definition) is 4. The SMILES string of the molecule is N/C(=N/O)C1CCCN1C(=O)c1cncc(F)c1. The second-order valence-electron chi connectivity index (χ2n) is 4.07. The van der Waals surface area contributed by atoms with Gasteiger partial charge in [0.15, 0.2) is 5.84 Å². The highest BCUT2D eigenvalue weighted by atomic mass is 19.1. The Balaban J connectivity index is 2.23. The Morgan fingerprint density at radius 1 is 1.61 bits per heavy atom. The summed E-state index contributed by atoms with van der Waals surface area (Å²) < 4.78 is 13.0. The van der Waals surface area contributed by atoms with Gasteiger partial charge in [0, 0.05) is 12.7 Å². The summed E-state index contributed by atoms with van der Waals surface area (Å²) in [7, 11) is 0. The van der Waals surface area contributed by atoms with Gasteiger partial charge in [0.1, 0.15) is 5.82 Å². The lowest BCUT2D eigenvalue weighted by molar-refractivity contribution is 0.0767. The number of likely N-dealkylation sites (tertiary alicyclic amines) is 1. The van der Waals surface area contributed by atoms with Crippen LogP contribution in [0.3, 0.4) is 0 Å². The van der Waals surface area contributed by atoms with E-state index in [2.05, 4.69) is 10.1 Å². The van der Waals surface area contributed by atoms with Crippen molar-refractivity contribution in [2.75, 3.05) is 6.54 Å². The molecule has 2 rings (SSSR count). The number of aromatic nitrogens is 1. The van der Waals surface area contributed by atoms with Crippen LogP contribution < -0.4 is 5.73 Å². The first-order valence-electron chi connectivity index (χ1n) is 5.52. The molecule has 18 heavy (non-hydrogen) atoms. The van der Waals surface area contributed by atoms with Crippen LogP contribution >= 0.6 is 0 Å². The van der Waals surface area contributed by atoms with E-state index in [1.165, 1.54) is 11.1 Å². The van der Waals surface area contributed by atoms with E-state index in [0.29, 0.717) is 13.0 Å². The maximum absolute atomic E-state index is 13.0. The van der Waals surface area contributed by atoms with Crippen molar-refractivity contribution in [1.82, 2.24) is 9.88 Å². The molecule has 7 heteroatoms. The third-order valence-electron chi connectivity index (χ3n) is 2.92. The third kappa shape index (κ3) is 2.24. The van der Waals surface area contributed by atoms with Gasteiger partial charge in [-0.25, -0.2) is 4.39 Å². The molecular formula is C11H13FN4O2. The monoisotopic (exact) mass is 252 g/mol. The van der Waals surface area contributed by atoms with Crippen molar-refractivity contribution in [1.29, 1.82) is 0 Å². The Hall–Kier alpha value is -2.18. The van der Waals surface area contributed by atoms with Gasteiger partial charge in [-0.1, -0.05) is 5.16 Å². The molecule has 0 radical (unpaired) electrons. The van der Waals surface area contributed by atoms with Gasteiger partial charge >= 0.3 is 0 Å². The zero-order valence-corrected chi connectivity index (χ0v) is 9.58. The average molecular weight is 252 g/mol. The van der Waals surface area contributed by atoms with E-state index in [1.54, 1.807) is 0 Å². The van der Waals surface area contributed by atoms with E-state index in [0.717, 1.165) is 18.7 Å². The van der Waals surface area contributed by atoms with Crippen molar-refractivity contribution in [2.45, 2.75) is 18.9 Å². The molecule has 1 atom stereocenters. The van der Waals surface area contributed by atoms with Gasteiger partial charge < -0.3 is 15.8 Å². The highest BCUT2D eigenvalue weighted by Gasteiger charge is 2.32. The Bertz CT molecular complexity index is 492. The summed E-state index contributed by atoms with van der Waals surface area (Å²) in [5.41, 5.74) is 5.69. The first kappa shape index (κ1) is 12.3. The maximum Gasteiger partial charge on any atom is 0.256 e. The molecule has 3 N–H and O–H groups in total. The van der Waals surface area contributed by atoms with Crippen molar-refractivity contribution in [2.24, 2.45) is 10.9 Å². The second-order valence-corrected chi connectivity index (χ2v) is 4.07. The van der Waals surface area contributed by atoms with Crippen LogP contribution in [0.4, 0.5) is 4.39 Å². The molecule has 0 saturated carbocycles. The molecule has 1 amide bonds. The zero-order chi connectivity index (χ0) is 13.1.